The minimum absolute atomic E-state index is 0.0560. The summed E-state index contributed by atoms with van der Waals surface area (Å²) >= 11 is 0. The lowest BCUT2D eigenvalue weighted by Gasteiger charge is -2.19. The number of rotatable bonds is 6. The number of aryl methyl sites for hydroxylation is 3. The normalized spacial score (nSPS) is 12.4. The standard InChI is InChI=1S/C15H22N4O/c1-11-4-6-13(15(10-11)20-3)14(18-16)7-5-12-8-9-17-19(12)2/h4,6,8-10,14,18H,5,7,16H2,1-3H3. The van der Waals surface area contributed by atoms with Gasteiger partial charge in [0.1, 0.15) is 5.75 Å². The van der Waals surface area contributed by atoms with Gasteiger partial charge >= 0.3 is 0 Å². The lowest BCUT2D eigenvalue weighted by Crippen LogP contribution is -2.29. The first-order valence-electron chi connectivity index (χ1n) is 6.73. The zero-order valence-electron chi connectivity index (χ0n) is 12.3. The molecule has 0 amide bonds. The monoisotopic (exact) mass is 274 g/mol. The highest BCUT2D eigenvalue weighted by molar-refractivity contribution is 5.39. The molecule has 0 aliphatic carbocycles. The van der Waals surface area contributed by atoms with Gasteiger partial charge in [-0.25, -0.2) is 0 Å². The Morgan fingerprint density at radius 1 is 1.40 bits per heavy atom. The molecule has 1 unspecified atom stereocenters. The highest BCUT2D eigenvalue weighted by Gasteiger charge is 2.15. The molecule has 0 bridgehead atoms. The van der Waals surface area contributed by atoms with Crippen molar-refractivity contribution in [3.63, 3.8) is 0 Å². The molecule has 0 saturated carbocycles. The smallest absolute Gasteiger partial charge is 0.123 e. The SMILES string of the molecule is COc1cc(C)ccc1C(CCc1ccnn1C)NN. The first-order valence-corrected chi connectivity index (χ1v) is 6.73. The fourth-order valence-electron chi connectivity index (χ4n) is 2.37. The van der Waals surface area contributed by atoms with Crippen molar-refractivity contribution in [3.8, 4) is 5.75 Å². The van der Waals surface area contributed by atoms with Crippen molar-refractivity contribution in [3.05, 3.63) is 47.3 Å². The van der Waals surface area contributed by atoms with Gasteiger partial charge in [-0.05, 0) is 37.5 Å². The third-order valence-electron chi connectivity index (χ3n) is 3.58. The topological polar surface area (TPSA) is 65.1 Å². The molecule has 3 N–H and O–H groups in total. The van der Waals surface area contributed by atoms with E-state index in [2.05, 4.69) is 22.7 Å². The minimum Gasteiger partial charge on any atom is -0.496 e. The summed E-state index contributed by atoms with van der Waals surface area (Å²) in [6.07, 6.45) is 3.60. The Morgan fingerprint density at radius 3 is 2.80 bits per heavy atom. The van der Waals surface area contributed by atoms with Gasteiger partial charge in [-0.1, -0.05) is 12.1 Å². The number of nitrogens with one attached hydrogen (secondary N) is 1. The van der Waals surface area contributed by atoms with E-state index in [1.165, 1.54) is 11.3 Å². The van der Waals surface area contributed by atoms with E-state index in [9.17, 15) is 0 Å². The van der Waals surface area contributed by atoms with E-state index in [4.69, 9.17) is 10.6 Å². The van der Waals surface area contributed by atoms with Gasteiger partial charge in [0.2, 0.25) is 0 Å². The number of nitrogens with zero attached hydrogens (tertiary/aromatic N) is 2. The zero-order chi connectivity index (χ0) is 14.5. The second-order valence-corrected chi connectivity index (χ2v) is 4.95. The van der Waals surface area contributed by atoms with Crippen LogP contribution < -0.4 is 16.0 Å². The first kappa shape index (κ1) is 14.6. The molecule has 1 heterocycles. The minimum atomic E-state index is 0.0560. The molecular formula is C15H22N4O. The molecule has 0 radical (unpaired) electrons. The van der Waals surface area contributed by atoms with Gasteiger partial charge in [0.25, 0.3) is 0 Å². The largest absolute Gasteiger partial charge is 0.496 e. The van der Waals surface area contributed by atoms with Crippen LogP contribution in [0.2, 0.25) is 0 Å². The van der Waals surface area contributed by atoms with Gasteiger partial charge in [0.05, 0.1) is 7.11 Å². The molecule has 20 heavy (non-hydrogen) atoms. The van der Waals surface area contributed by atoms with Crippen LogP contribution >= 0.6 is 0 Å². The number of methoxy groups -OCH3 is 1. The van der Waals surface area contributed by atoms with Crippen LogP contribution in [-0.2, 0) is 13.5 Å². The number of hydrogen-bond acceptors (Lipinski definition) is 4. The molecule has 1 aromatic heterocycles. The molecule has 0 fully saturated rings. The molecule has 0 aliphatic rings. The van der Waals surface area contributed by atoms with Crippen LogP contribution in [0.25, 0.3) is 0 Å². The molecule has 0 saturated heterocycles. The van der Waals surface area contributed by atoms with Crippen molar-refractivity contribution >= 4 is 0 Å². The maximum Gasteiger partial charge on any atom is 0.123 e. The van der Waals surface area contributed by atoms with E-state index in [1.807, 2.05) is 37.0 Å². The van der Waals surface area contributed by atoms with Crippen LogP contribution in [0, 0.1) is 6.92 Å². The second kappa shape index (κ2) is 6.54. The Hall–Kier alpha value is -1.85. The molecule has 108 valence electrons. The van der Waals surface area contributed by atoms with Crippen LogP contribution in [0.5, 0.6) is 5.75 Å². The summed E-state index contributed by atoms with van der Waals surface area (Å²) < 4.78 is 7.35. The average Bonchev–Trinajstić information content (AvgIpc) is 2.86. The average molecular weight is 274 g/mol. The predicted octanol–water partition coefficient (Wildman–Crippen LogP) is 1.87. The van der Waals surface area contributed by atoms with Gasteiger partial charge in [-0.2, -0.15) is 5.10 Å². The summed E-state index contributed by atoms with van der Waals surface area (Å²) in [5.74, 6) is 6.59. The molecule has 2 rings (SSSR count). The van der Waals surface area contributed by atoms with E-state index < -0.39 is 0 Å². The Labute approximate surface area is 119 Å². The number of nitrogens with two attached hydrogens (primary N) is 1. The lowest BCUT2D eigenvalue weighted by atomic mass is 9.99. The third-order valence-corrected chi connectivity index (χ3v) is 3.58. The number of hydrazine groups is 1. The number of ether oxygens (including phenoxy) is 1. The molecule has 5 nitrogen and oxygen atoms in total. The van der Waals surface area contributed by atoms with Gasteiger partial charge in [0, 0.05) is 30.5 Å². The Balaban J connectivity index is 2.14. The van der Waals surface area contributed by atoms with E-state index in [1.54, 1.807) is 7.11 Å². The molecule has 1 atom stereocenters. The Morgan fingerprint density at radius 2 is 2.20 bits per heavy atom. The predicted molar refractivity (Wildman–Crippen MR) is 79.3 cm³/mol. The van der Waals surface area contributed by atoms with Crippen molar-refractivity contribution < 1.29 is 4.74 Å². The molecule has 1 aromatic carbocycles. The van der Waals surface area contributed by atoms with Crippen LogP contribution in [0.3, 0.4) is 0 Å². The van der Waals surface area contributed by atoms with Crippen molar-refractivity contribution in [1.29, 1.82) is 0 Å². The van der Waals surface area contributed by atoms with Crippen molar-refractivity contribution in [2.75, 3.05) is 7.11 Å². The van der Waals surface area contributed by atoms with Gasteiger partial charge in [0.15, 0.2) is 0 Å². The van der Waals surface area contributed by atoms with E-state index >= 15 is 0 Å². The molecule has 2 aromatic rings. The molecule has 5 heteroatoms. The summed E-state index contributed by atoms with van der Waals surface area (Å²) in [7, 11) is 3.64. The maximum atomic E-state index is 5.72. The highest BCUT2D eigenvalue weighted by atomic mass is 16.5. The molecule has 0 spiro atoms. The maximum absolute atomic E-state index is 5.72. The van der Waals surface area contributed by atoms with Gasteiger partial charge in [-0.15, -0.1) is 0 Å². The van der Waals surface area contributed by atoms with E-state index in [0.717, 1.165) is 24.2 Å². The number of hydrogen-bond donors (Lipinski definition) is 2. The Kier molecular flexibility index (Phi) is 4.76. The summed E-state index contributed by atoms with van der Waals surface area (Å²) in [5.41, 5.74) is 6.34. The lowest BCUT2D eigenvalue weighted by molar-refractivity contribution is 0.395. The Bertz CT molecular complexity index is 565. The first-order chi connectivity index (χ1) is 9.65. The highest BCUT2D eigenvalue weighted by Crippen LogP contribution is 2.28. The molecule has 0 aliphatic heterocycles. The van der Waals surface area contributed by atoms with Gasteiger partial charge in [-0.3, -0.25) is 16.0 Å². The fraction of sp³-hybridized carbons (Fsp3) is 0.400. The fourth-order valence-corrected chi connectivity index (χ4v) is 2.37. The quantitative estimate of drug-likeness (QED) is 0.623. The van der Waals surface area contributed by atoms with E-state index in [-0.39, 0.29) is 6.04 Å². The number of aromatic nitrogens is 2. The summed E-state index contributed by atoms with van der Waals surface area (Å²) in [4.78, 5) is 0. The van der Waals surface area contributed by atoms with Gasteiger partial charge < -0.3 is 4.74 Å². The van der Waals surface area contributed by atoms with Crippen LogP contribution in [0.1, 0.15) is 29.3 Å². The molecular weight excluding hydrogens is 252 g/mol. The zero-order valence-corrected chi connectivity index (χ0v) is 12.3. The second-order valence-electron chi connectivity index (χ2n) is 4.95. The summed E-state index contributed by atoms with van der Waals surface area (Å²) in [6.45, 7) is 2.05. The van der Waals surface area contributed by atoms with Crippen LogP contribution in [0.4, 0.5) is 0 Å². The number of benzene rings is 1. The van der Waals surface area contributed by atoms with Crippen LogP contribution in [0.15, 0.2) is 30.5 Å². The summed E-state index contributed by atoms with van der Waals surface area (Å²) in [5, 5.41) is 4.18. The van der Waals surface area contributed by atoms with Crippen LogP contribution in [-0.4, -0.2) is 16.9 Å². The van der Waals surface area contributed by atoms with Crippen molar-refractivity contribution in [2.45, 2.75) is 25.8 Å². The third kappa shape index (κ3) is 3.18. The van der Waals surface area contributed by atoms with E-state index in [0.29, 0.717) is 0 Å². The summed E-state index contributed by atoms with van der Waals surface area (Å²) in [6, 6.07) is 8.26. The van der Waals surface area contributed by atoms with Crippen molar-refractivity contribution in [2.24, 2.45) is 12.9 Å². The van der Waals surface area contributed by atoms with Crippen molar-refractivity contribution in [1.82, 2.24) is 15.2 Å².